The van der Waals surface area contributed by atoms with Crippen molar-refractivity contribution in [3.05, 3.63) is 23.8 Å². The molecule has 2 rings (SSSR count). The summed E-state index contributed by atoms with van der Waals surface area (Å²) in [4.78, 5) is 24.9. The number of carbonyl (C=O) groups excluding carboxylic acids is 2. The second kappa shape index (κ2) is 5.71. The Morgan fingerprint density at radius 3 is 3.00 bits per heavy atom. The Labute approximate surface area is 112 Å². The lowest BCUT2D eigenvalue weighted by molar-refractivity contribution is -0.125. The van der Waals surface area contributed by atoms with Gasteiger partial charge >= 0.3 is 0 Å². The molecule has 0 unspecified atom stereocenters. The minimum absolute atomic E-state index is 0.0473. The molecule has 1 aliphatic heterocycles. The van der Waals surface area contributed by atoms with Gasteiger partial charge in [0.2, 0.25) is 11.8 Å². The normalized spacial score (nSPS) is 15.9. The van der Waals surface area contributed by atoms with Crippen molar-refractivity contribution in [2.45, 2.75) is 6.92 Å². The van der Waals surface area contributed by atoms with E-state index in [0.29, 0.717) is 24.5 Å². The lowest BCUT2D eigenvalue weighted by Crippen LogP contribution is -2.49. The van der Waals surface area contributed by atoms with Gasteiger partial charge in [0, 0.05) is 13.1 Å². The molecule has 1 fully saturated rings. The van der Waals surface area contributed by atoms with Gasteiger partial charge in [-0.25, -0.2) is 0 Å². The van der Waals surface area contributed by atoms with Crippen LogP contribution in [0.5, 0.6) is 0 Å². The molecule has 0 saturated carbocycles. The van der Waals surface area contributed by atoms with E-state index in [1.165, 1.54) is 0 Å². The fourth-order valence-corrected chi connectivity index (χ4v) is 2.02. The summed E-state index contributed by atoms with van der Waals surface area (Å²) in [5, 5.41) is 5.48. The van der Waals surface area contributed by atoms with E-state index < -0.39 is 0 Å². The molecule has 19 heavy (non-hydrogen) atoms. The van der Waals surface area contributed by atoms with Crippen LogP contribution in [0.2, 0.25) is 0 Å². The van der Waals surface area contributed by atoms with Crippen molar-refractivity contribution in [3.8, 4) is 0 Å². The highest BCUT2D eigenvalue weighted by molar-refractivity contribution is 5.95. The first-order valence-electron chi connectivity index (χ1n) is 6.19. The van der Waals surface area contributed by atoms with Gasteiger partial charge < -0.3 is 16.4 Å². The van der Waals surface area contributed by atoms with Crippen LogP contribution in [0.4, 0.5) is 11.4 Å². The fraction of sp³-hybridized carbons (Fsp3) is 0.385. The predicted molar refractivity (Wildman–Crippen MR) is 73.7 cm³/mol. The maximum absolute atomic E-state index is 11.9. The van der Waals surface area contributed by atoms with Crippen molar-refractivity contribution in [1.29, 1.82) is 0 Å². The number of benzene rings is 1. The van der Waals surface area contributed by atoms with Crippen LogP contribution >= 0.6 is 0 Å². The third-order valence-corrected chi connectivity index (χ3v) is 2.97. The number of amides is 2. The molecular weight excluding hydrogens is 244 g/mol. The topological polar surface area (TPSA) is 87.5 Å². The third-order valence-electron chi connectivity index (χ3n) is 2.97. The van der Waals surface area contributed by atoms with Crippen molar-refractivity contribution in [1.82, 2.24) is 10.2 Å². The highest BCUT2D eigenvalue weighted by Crippen LogP contribution is 2.19. The smallest absolute Gasteiger partial charge is 0.238 e. The van der Waals surface area contributed by atoms with Crippen LogP contribution < -0.4 is 16.4 Å². The Bertz CT molecular complexity index is 501. The number of piperazine rings is 1. The van der Waals surface area contributed by atoms with Gasteiger partial charge in [-0.1, -0.05) is 6.07 Å². The summed E-state index contributed by atoms with van der Waals surface area (Å²) >= 11 is 0. The number of anilines is 2. The molecule has 2 amide bonds. The van der Waals surface area contributed by atoms with Crippen molar-refractivity contribution < 1.29 is 9.59 Å². The minimum Gasteiger partial charge on any atom is -0.397 e. The molecule has 1 aromatic carbocycles. The van der Waals surface area contributed by atoms with E-state index in [2.05, 4.69) is 10.6 Å². The molecule has 6 nitrogen and oxygen atoms in total. The Balaban J connectivity index is 1.92. The van der Waals surface area contributed by atoms with E-state index in [1.54, 1.807) is 11.0 Å². The number of nitrogens with zero attached hydrogens (tertiary/aromatic N) is 1. The molecule has 1 aliphatic rings. The summed E-state index contributed by atoms with van der Waals surface area (Å²) in [5.41, 5.74) is 8.03. The maximum atomic E-state index is 11.9. The van der Waals surface area contributed by atoms with E-state index in [9.17, 15) is 9.59 Å². The first-order valence-corrected chi connectivity index (χ1v) is 6.19. The predicted octanol–water partition coefficient (Wildman–Crippen LogP) is -0.0525. The van der Waals surface area contributed by atoms with Crippen LogP contribution in [-0.4, -0.2) is 42.9 Å². The molecular formula is C13H18N4O2. The molecule has 1 heterocycles. The zero-order chi connectivity index (χ0) is 13.8. The first kappa shape index (κ1) is 13.4. The summed E-state index contributed by atoms with van der Waals surface area (Å²) in [6, 6.07) is 5.48. The second-order valence-electron chi connectivity index (χ2n) is 4.70. The summed E-state index contributed by atoms with van der Waals surface area (Å²) in [5.74, 6) is -0.209. The maximum Gasteiger partial charge on any atom is 0.238 e. The van der Waals surface area contributed by atoms with Crippen molar-refractivity contribution in [3.63, 3.8) is 0 Å². The number of nitrogen functional groups attached to an aromatic ring is 1. The summed E-state index contributed by atoms with van der Waals surface area (Å²) in [6.45, 7) is 3.66. The van der Waals surface area contributed by atoms with Crippen molar-refractivity contribution in [2.75, 3.05) is 37.2 Å². The molecule has 4 N–H and O–H groups in total. The van der Waals surface area contributed by atoms with Gasteiger partial charge in [0.25, 0.3) is 0 Å². The Morgan fingerprint density at radius 2 is 2.32 bits per heavy atom. The van der Waals surface area contributed by atoms with Gasteiger partial charge in [-0.2, -0.15) is 0 Å². The number of hydrogen-bond donors (Lipinski definition) is 3. The van der Waals surface area contributed by atoms with Crippen LogP contribution in [0.1, 0.15) is 5.56 Å². The van der Waals surface area contributed by atoms with Crippen LogP contribution in [-0.2, 0) is 9.59 Å². The van der Waals surface area contributed by atoms with Gasteiger partial charge in [-0.15, -0.1) is 0 Å². The number of nitrogens with one attached hydrogen (secondary N) is 2. The van der Waals surface area contributed by atoms with Crippen LogP contribution in [0.15, 0.2) is 18.2 Å². The zero-order valence-electron chi connectivity index (χ0n) is 10.9. The average Bonchev–Trinajstić information content (AvgIpc) is 2.33. The quantitative estimate of drug-likeness (QED) is 0.666. The van der Waals surface area contributed by atoms with Gasteiger partial charge in [-0.05, 0) is 24.6 Å². The number of nitrogens with two attached hydrogens (primary N) is 1. The van der Waals surface area contributed by atoms with E-state index in [4.69, 9.17) is 5.73 Å². The van der Waals surface area contributed by atoms with Crippen LogP contribution in [0.3, 0.4) is 0 Å². The highest BCUT2D eigenvalue weighted by Gasteiger charge is 2.18. The molecule has 102 valence electrons. The van der Waals surface area contributed by atoms with Crippen LogP contribution in [0, 0.1) is 6.92 Å². The largest absolute Gasteiger partial charge is 0.397 e. The third kappa shape index (κ3) is 3.69. The van der Waals surface area contributed by atoms with Gasteiger partial charge in [0.15, 0.2) is 0 Å². The Kier molecular flexibility index (Phi) is 4.01. The summed E-state index contributed by atoms with van der Waals surface area (Å²) in [7, 11) is 0. The average molecular weight is 262 g/mol. The standard InChI is InChI=1S/C13H18N4O2/c1-9-2-3-11(10(14)6-9)16-13(19)8-17-5-4-15-12(18)7-17/h2-3,6H,4-5,7-8,14H2,1H3,(H,15,18)(H,16,19). The molecule has 0 atom stereocenters. The number of hydrogen-bond acceptors (Lipinski definition) is 4. The van der Waals surface area contributed by atoms with Crippen molar-refractivity contribution >= 4 is 23.2 Å². The number of rotatable bonds is 3. The molecule has 0 radical (unpaired) electrons. The fourth-order valence-electron chi connectivity index (χ4n) is 2.02. The molecule has 0 bridgehead atoms. The Morgan fingerprint density at radius 1 is 1.53 bits per heavy atom. The molecule has 0 spiro atoms. The van der Waals surface area contributed by atoms with E-state index in [1.807, 2.05) is 19.1 Å². The molecule has 6 heteroatoms. The Hall–Kier alpha value is -2.08. The minimum atomic E-state index is -0.162. The van der Waals surface area contributed by atoms with Crippen LogP contribution in [0.25, 0.3) is 0 Å². The van der Waals surface area contributed by atoms with Crippen molar-refractivity contribution in [2.24, 2.45) is 0 Å². The van der Waals surface area contributed by atoms with Gasteiger partial charge in [0.05, 0.1) is 24.5 Å². The zero-order valence-corrected chi connectivity index (χ0v) is 10.9. The van der Waals surface area contributed by atoms with Gasteiger partial charge in [0.1, 0.15) is 0 Å². The molecule has 0 aromatic heterocycles. The highest BCUT2D eigenvalue weighted by atomic mass is 16.2. The monoisotopic (exact) mass is 262 g/mol. The summed E-state index contributed by atoms with van der Waals surface area (Å²) < 4.78 is 0. The lowest BCUT2D eigenvalue weighted by atomic mass is 10.2. The number of carbonyl (C=O) groups is 2. The van der Waals surface area contributed by atoms with E-state index in [-0.39, 0.29) is 24.9 Å². The molecule has 1 saturated heterocycles. The molecule has 1 aromatic rings. The van der Waals surface area contributed by atoms with E-state index in [0.717, 1.165) is 5.56 Å². The second-order valence-corrected chi connectivity index (χ2v) is 4.70. The molecule has 0 aliphatic carbocycles. The first-order chi connectivity index (χ1) is 9.04. The SMILES string of the molecule is Cc1ccc(NC(=O)CN2CCNC(=O)C2)c(N)c1. The number of aryl methyl sites for hydroxylation is 1. The summed E-state index contributed by atoms with van der Waals surface area (Å²) in [6.07, 6.45) is 0. The van der Waals surface area contributed by atoms with Gasteiger partial charge in [-0.3, -0.25) is 14.5 Å². The lowest BCUT2D eigenvalue weighted by Gasteiger charge is -2.25. The van der Waals surface area contributed by atoms with E-state index >= 15 is 0 Å².